The maximum Gasteiger partial charge on any atom is 0.472 e. The molecule has 0 heterocycles. The van der Waals surface area contributed by atoms with Gasteiger partial charge in [-0.1, -0.05) is 218 Å². The van der Waals surface area contributed by atoms with Gasteiger partial charge in [-0.2, -0.15) is 0 Å². The monoisotopic (exact) mass is 886 g/mol. The standard InChI is InChI=1S/C50H96NO9P/c1-3-5-7-9-11-13-15-17-19-21-22-23-24-25-27-29-31-33-35-37-39-41-43-57-44-47(45-58-61(55,56)59-46-48(51)50(53)54)60-49(52)42-40-38-36-34-32-30-28-26-20-18-16-14-12-10-8-6-4-2/h12,14,18,20,47-48H,3-11,13,15-17,19,21-46,51H2,1-2H3,(H,53,54)(H,55,56)/b14-12-,20-18-. The molecule has 0 rings (SSSR count). The first-order valence-corrected chi connectivity index (χ1v) is 26.9. The van der Waals surface area contributed by atoms with Crippen molar-refractivity contribution in [2.24, 2.45) is 5.73 Å². The van der Waals surface area contributed by atoms with Crippen molar-refractivity contribution in [3.63, 3.8) is 0 Å². The zero-order chi connectivity index (χ0) is 44.8. The summed E-state index contributed by atoms with van der Waals surface area (Å²) in [6.07, 6.45) is 52.3. The summed E-state index contributed by atoms with van der Waals surface area (Å²) in [4.78, 5) is 33.7. The van der Waals surface area contributed by atoms with Crippen LogP contribution in [0.2, 0.25) is 0 Å². The molecule has 0 aromatic heterocycles. The number of esters is 1. The summed E-state index contributed by atoms with van der Waals surface area (Å²) >= 11 is 0. The molecule has 0 fully saturated rings. The summed E-state index contributed by atoms with van der Waals surface area (Å²) in [5.74, 6) is -1.78. The number of carboxylic acids is 1. The molecule has 0 saturated carbocycles. The highest BCUT2D eigenvalue weighted by molar-refractivity contribution is 7.47. The van der Waals surface area contributed by atoms with E-state index in [-0.39, 0.29) is 13.0 Å². The summed E-state index contributed by atoms with van der Waals surface area (Å²) in [7, 11) is -4.62. The first-order chi connectivity index (χ1) is 29.7. The van der Waals surface area contributed by atoms with Gasteiger partial charge in [0.2, 0.25) is 0 Å². The van der Waals surface area contributed by atoms with Crippen LogP contribution in [0.25, 0.3) is 0 Å². The van der Waals surface area contributed by atoms with E-state index < -0.39 is 45.1 Å². The number of nitrogens with two attached hydrogens (primary N) is 1. The van der Waals surface area contributed by atoms with Crippen LogP contribution in [0.5, 0.6) is 0 Å². The average molecular weight is 886 g/mol. The van der Waals surface area contributed by atoms with E-state index in [0.717, 1.165) is 51.4 Å². The quantitative estimate of drug-likeness (QED) is 0.0233. The van der Waals surface area contributed by atoms with Gasteiger partial charge in [0.1, 0.15) is 12.1 Å². The number of carbonyl (C=O) groups is 2. The first kappa shape index (κ1) is 59.5. The number of hydrogen-bond donors (Lipinski definition) is 3. The van der Waals surface area contributed by atoms with Crippen LogP contribution in [0.15, 0.2) is 24.3 Å². The second-order valence-electron chi connectivity index (χ2n) is 17.3. The van der Waals surface area contributed by atoms with Crippen LogP contribution in [0, 0.1) is 0 Å². The Morgan fingerprint density at radius 3 is 1.36 bits per heavy atom. The van der Waals surface area contributed by atoms with Crippen molar-refractivity contribution in [2.75, 3.05) is 26.4 Å². The number of allylic oxidation sites excluding steroid dienone is 4. The second-order valence-corrected chi connectivity index (χ2v) is 18.8. The van der Waals surface area contributed by atoms with Gasteiger partial charge in [0.25, 0.3) is 0 Å². The van der Waals surface area contributed by atoms with Crippen molar-refractivity contribution in [2.45, 2.75) is 257 Å². The lowest BCUT2D eigenvalue weighted by molar-refractivity contribution is -0.154. The van der Waals surface area contributed by atoms with Crippen LogP contribution in [0.3, 0.4) is 0 Å². The van der Waals surface area contributed by atoms with Gasteiger partial charge < -0.3 is 25.2 Å². The molecule has 0 aliphatic heterocycles. The van der Waals surface area contributed by atoms with Gasteiger partial charge in [-0.25, -0.2) is 4.57 Å². The van der Waals surface area contributed by atoms with E-state index in [1.54, 1.807) is 0 Å². The Labute approximate surface area is 374 Å². The third-order valence-electron chi connectivity index (χ3n) is 11.2. The van der Waals surface area contributed by atoms with Crippen molar-refractivity contribution in [1.29, 1.82) is 0 Å². The molecule has 10 nitrogen and oxygen atoms in total. The van der Waals surface area contributed by atoms with Crippen LogP contribution in [0.1, 0.15) is 245 Å². The van der Waals surface area contributed by atoms with Gasteiger partial charge in [0, 0.05) is 13.0 Å². The Morgan fingerprint density at radius 2 is 0.902 bits per heavy atom. The molecule has 0 aromatic carbocycles. The van der Waals surface area contributed by atoms with E-state index in [0.29, 0.717) is 13.0 Å². The fraction of sp³-hybridized carbons (Fsp3) is 0.880. The van der Waals surface area contributed by atoms with Gasteiger partial charge in [-0.15, -0.1) is 0 Å². The predicted molar refractivity (Wildman–Crippen MR) is 254 cm³/mol. The van der Waals surface area contributed by atoms with Gasteiger partial charge in [0.15, 0.2) is 0 Å². The molecule has 0 aromatic rings. The van der Waals surface area contributed by atoms with Crippen molar-refractivity contribution >= 4 is 19.8 Å². The Hall–Kier alpha value is -1.55. The van der Waals surface area contributed by atoms with Gasteiger partial charge >= 0.3 is 19.8 Å². The molecule has 360 valence electrons. The highest BCUT2D eigenvalue weighted by Gasteiger charge is 2.27. The molecule has 3 unspecified atom stereocenters. The smallest absolute Gasteiger partial charge is 0.472 e. The molecule has 61 heavy (non-hydrogen) atoms. The lowest BCUT2D eigenvalue weighted by Gasteiger charge is -2.20. The number of aliphatic carboxylic acids is 1. The molecular formula is C50H96NO9P. The van der Waals surface area contributed by atoms with Crippen LogP contribution in [0.4, 0.5) is 0 Å². The molecule has 0 aliphatic carbocycles. The van der Waals surface area contributed by atoms with E-state index in [1.165, 1.54) is 167 Å². The molecule has 0 amide bonds. The minimum absolute atomic E-state index is 0.0184. The normalized spacial score (nSPS) is 13.9. The summed E-state index contributed by atoms with van der Waals surface area (Å²) in [6, 6.07) is -1.47. The maximum atomic E-state index is 12.7. The Balaban J connectivity index is 4.10. The Bertz CT molecular complexity index is 1070. The SMILES string of the molecule is CCCCC/C=C\C/C=C\CCCCCCCCCC(=O)OC(COCCCCCCCCCCCCCCCCCCCCCCCC)COP(=O)(O)OCC(N)C(=O)O. The second kappa shape index (κ2) is 46.4. The third-order valence-corrected chi connectivity index (χ3v) is 12.2. The van der Waals surface area contributed by atoms with Gasteiger partial charge in [-0.3, -0.25) is 18.6 Å². The molecule has 0 bridgehead atoms. The maximum absolute atomic E-state index is 12.7. The number of carboxylic acid groups (broad SMARTS) is 1. The van der Waals surface area contributed by atoms with Gasteiger partial charge in [-0.05, 0) is 44.9 Å². The van der Waals surface area contributed by atoms with E-state index >= 15 is 0 Å². The molecule has 4 N–H and O–H groups in total. The summed E-state index contributed by atoms with van der Waals surface area (Å²) in [5.41, 5.74) is 5.37. The lowest BCUT2D eigenvalue weighted by Crippen LogP contribution is -2.34. The van der Waals surface area contributed by atoms with Crippen LogP contribution in [-0.4, -0.2) is 60.5 Å². The largest absolute Gasteiger partial charge is 0.480 e. The summed E-state index contributed by atoms with van der Waals surface area (Å²) in [6.45, 7) is 3.90. The van der Waals surface area contributed by atoms with Crippen molar-refractivity contribution in [3.8, 4) is 0 Å². The predicted octanol–water partition coefficient (Wildman–Crippen LogP) is 14.7. The van der Waals surface area contributed by atoms with E-state index in [1.807, 2.05) is 0 Å². The van der Waals surface area contributed by atoms with E-state index in [4.69, 9.17) is 29.4 Å². The molecule has 0 radical (unpaired) electrons. The van der Waals surface area contributed by atoms with Crippen molar-refractivity contribution < 1.29 is 42.7 Å². The first-order valence-electron chi connectivity index (χ1n) is 25.4. The number of phosphoric acid groups is 1. The molecule has 3 atom stereocenters. The number of rotatable bonds is 49. The zero-order valence-electron chi connectivity index (χ0n) is 39.5. The zero-order valence-corrected chi connectivity index (χ0v) is 40.4. The lowest BCUT2D eigenvalue weighted by atomic mass is 10.0. The third kappa shape index (κ3) is 46.3. The van der Waals surface area contributed by atoms with Gasteiger partial charge in [0.05, 0.1) is 19.8 Å². The highest BCUT2D eigenvalue weighted by Crippen LogP contribution is 2.43. The number of unbranched alkanes of at least 4 members (excludes halogenated alkanes) is 31. The van der Waals surface area contributed by atoms with Crippen LogP contribution >= 0.6 is 7.82 Å². The number of carbonyl (C=O) groups excluding carboxylic acids is 1. The van der Waals surface area contributed by atoms with Crippen molar-refractivity contribution in [1.82, 2.24) is 0 Å². The van der Waals surface area contributed by atoms with Crippen molar-refractivity contribution in [3.05, 3.63) is 24.3 Å². The molecule has 11 heteroatoms. The Kier molecular flexibility index (Phi) is 45.3. The highest BCUT2D eigenvalue weighted by atomic mass is 31.2. The topological polar surface area (TPSA) is 155 Å². The Morgan fingerprint density at radius 1 is 0.525 bits per heavy atom. The molecular weight excluding hydrogens is 790 g/mol. The number of hydrogen-bond acceptors (Lipinski definition) is 8. The fourth-order valence-corrected chi connectivity index (χ4v) is 8.06. The number of ether oxygens (including phenoxy) is 2. The minimum atomic E-state index is -4.62. The molecule has 0 aliphatic rings. The summed E-state index contributed by atoms with van der Waals surface area (Å²) in [5, 5.41) is 8.92. The van der Waals surface area contributed by atoms with E-state index in [9.17, 15) is 19.0 Å². The van der Waals surface area contributed by atoms with Crippen LogP contribution in [-0.2, 0) is 32.7 Å². The molecule has 0 saturated heterocycles. The average Bonchev–Trinajstić information content (AvgIpc) is 3.24. The van der Waals surface area contributed by atoms with E-state index in [2.05, 4.69) is 38.2 Å². The fourth-order valence-electron chi connectivity index (χ4n) is 7.28. The number of phosphoric ester groups is 1. The van der Waals surface area contributed by atoms with Crippen LogP contribution < -0.4 is 5.73 Å². The molecule has 0 spiro atoms. The summed E-state index contributed by atoms with van der Waals surface area (Å²) < 4.78 is 33.5. The minimum Gasteiger partial charge on any atom is -0.480 e.